The lowest BCUT2D eigenvalue weighted by Crippen LogP contribution is -2.11. The standard InChI is InChI=1S/C67H33F3N8/c68-67(69,70)59-3-1-2-52(38-75)66(59)58-33-60(77-61-28-48(44-12-4-40(34-71)5-13-44)20-24-54(61)55-25-21-49(29-62(55)77)45-14-6-41(35-72)7-15-45)53(39-76)32-65(58)78-63-30-50(46-16-8-42(36-73)9-17-46)22-26-56(63)57-27-23-51(31-64(57)78)47-18-10-43(37-74)11-19-47/h1-33H. The van der Waals surface area contributed by atoms with E-state index in [1.54, 1.807) is 60.7 Å². The number of nitriles is 6. The monoisotopic (exact) mass is 1010 g/mol. The number of halogens is 3. The minimum atomic E-state index is -4.95. The molecule has 0 aliphatic rings. The molecule has 0 atom stereocenters. The molecule has 0 saturated heterocycles. The lowest BCUT2D eigenvalue weighted by Gasteiger charge is -2.22. The summed E-state index contributed by atoms with van der Waals surface area (Å²) in [6.07, 6.45) is -4.95. The molecule has 2 aromatic heterocycles. The minimum absolute atomic E-state index is 0.0151. The highest BCUT2D eigenvalue weighted by Gasteiger charge is 2.36. The van der Waals surface area contributed by atoms with Gasteiger partial charge in [0.2, 0.25) is 0 Å². The Labute approximate surface area is 444 Å². The van der Waals surface area contributed by atoms with Crippen molar-refractivity contribution >= 4 is 43.6 Å². The van der Waals surface area contributed by atoms with Crippen molar-refractivity contribution < 1.29 is 13.2 Å². The smallest absolute Gasteiger partial charge is 0.309 e. The number of hydrogen-bond donors (Lipinski definition) is 0. The Morgan fingerprint density at radius 1 is 0.308 bits per heavy atom. The second kappa shape index (κ2) is 18.8. The molecule has 362 valence electrons. The summed E-state index contributed by atoms with van der Waals surface area (Å²) in [7, 11) is 0. The Morgan fingerprint density at radius 3 is 0.936 bits per heavy atom. The summed E-state index contributed by atoms with van der Waals surface area (Å²) < 4.78 is 51.2. The molecule has 0 N–H and O–H groups in total. The molecule has 0 spiro atoms. The Kier molecular flexibility index (Phi) is 11.4. The third kappa shape index (κ3) is 7.99. The van der Waals surface area contributed by atoms with Crippen molar-refractivity contribution in [3.8, 4) is 103 Å². The highest BCUT2D eigenvalue weighted by molar-refractivity contribution is 6.13. The highest BCUT2D eigenvalue weighted by atomic mass is 19.4. The van der Waals surface area contributed by atoms with Gasteiger partial charge >= 0.3 is 6.18 Å². The van der Waals surface area contributed by atoms with Gasteiger partial charge in [0.15, 0.2) is 0 Å². The van der Waals surface area contributed by atoms with Crippen molar-refractivity contribution in [2.75, 3.05) is 0 Å². The third-order valence-electron chi connectivity index (χ3n) is 14.4. The average molecular weight is 1010 g/mol. The van der Waals surface area contributed by atoms with Crippen LogP contribution >= 0.6 is 0 Å². The van der Waals surface area contributed by atoms with Crippen LogP contribution in [0.4, 0.5) is 13.2 Å². The molecule has 11 heteroatoms. The molecule has 12 rings (SSSR count). The lowest BCUT2D eigenvalue weighted by molar-refractivity contribution is -0.137. The zero-order valence-electron chi connectivity index (χ0n) is 40.8. The van der Waals surface area contributed by atoms with E-state index in [0.29, 0.717) is 44.3 Å². The highest BCUT2D eigenvalue weighted by Crippen LogP contribution is 2.47. The molecular formula is C67H33F3N8. The van der Waals surface area contributed by atoms with E-state index in [1.807, 2.05) is 130 Å². The van der Waals surface area contributed by atoms with Crippen LogP contribution in [0.2, 0.25) is 0 Å². The van der Waals surface area contributed by atoms with Crippen LogP contribution in [0.1, 0.15) is 38.9 Å². The van der Waals surface area contributed by atoms with Crippen LogP contribution in [0.3, 0.4) is 0 Å². The van der Waals surface area contributed by atoms with Gasteiger partial charge in [0.25, 0.3) is 0 Å². The van der Waals surface area contributed by atoms with Crippen molar-refractivity contribution in [3.63, 3.8) is 0 Å². The number of aromatic nitrogens is 2. The summed E-state index contributed by atoms with van der Waals surface area (Å²) >= 11 is 0. The van der Waals surface area contributed by atoms with E-state index in [9.17, 15) is 31.6 Å². The maximum absolute atomic E-state index is 15.8. The van der Waals surface area contributed by atoms with Crippen molar-refractivity contribution in [2.24, 2.45) is 0 Å². The molecule has 78 heavy (non-hydrogen) atoms. The lowest BCUT2D eigenvalue weighted by atomic mass is 9.91. The fourth-order valence-corrected chi connectivity index (χ4v) is 10.6. The number of nitrogens with zero attached hydrogens (tertiary/aromatic N) is 8. The fourth-order valence-electron chi connectivity index (χ4n) is 10.6. The molecule has 0 saturated carbocycles. The zero-order valence-corrected chi connectivity index (χ0v) is 40.8. The number of rotatable bonds is 7. The molecule has 0 radical (unpaired) electrons. The molecule has 0 unspecified atom stereocenters. The molecule has 8 nitrogen and oxygen atoms in total. The molecule has 2 heterocycles. The zero-order chi connectivity index (χ0) is 53.8. The van der Waals surface area contributed by atoms with Crippen LogP contribution in [0, 0.1) is 68.0 Å². The quantitative estimate of drug-likeness (QED) is 0.155. The second-order valence-electron chi connectivity index (χ2n) is 18.7. The number of hydrogen-bond acceptors (Lipinski definition) is 6. The second-order valence-corrected chi connectivity index (χ2v) is 18.7. The molecule has 0 aliphatic carbocycles. The van der Waals surface area contributed by atoms with Crippen LogP contribution in [0.5, 0.6) is 0 Å². The van der Waals surface area contributed by atoms with Crippen LogP contribution in [-0.4, -0.2) is 9.13 Å². The number of fused-ring (bicyclic) bond motifs is 6. The van der Waals surface area contributed by atoms with E-state index in [0.717, 1.165) is 72.1 Å². The molecule has 10 aromatic carbocycles. The van der Waals surface area contributed by atoms with Gasteiger partial charge in [0.05, 0.1) is 103 Å². The maximum atomic E-state index is 15.8. The van der Waals surface area contributed by atoms with Crippen molar-refractivity contribution in [1.29, 1.82) is 31.6 Å². The normalized spacial score (nSPS) is 11.2. The average Bonchev–Trinajstić information content (AvgIpc) is 4.04. The molecule has 0 fully saturated rings. The Hall–Kier alpha value is -11.5. The van der Waals surface area contributed by atoms with Gasteiger partial charge in [0, 0.05) is 32.7 Å². The Balaban J connectivity index is 1.23. The summed E-state index contributed by atoms with van der Waals surface area (Å²) in [6.45, 7) is 0. The topological polar surface area (TPSA) is 153 Å². The van der Waals surface area contributed by atoms with Gasteiger partial charge in [-0.3, -0.25) is 0 Å². The predicted octanol–water partition coefficient (Wildman–Crippen LogP) is 16.5. The first-order valence-corrected chi connectivity index (χ1v) is 24.4. The van der Waals surface area contributed by atoms with Crippen LogP contribution in [0.15, 0.2) is 200 Å². The summed E-state index contributed by atoms with van der Waals surface area (Å²) in [5, 5.41) is 64.0. The summed E-state index contributed by atoms with van der Waals surface area (Å²) in [6, 6.07) is 71.7. The number of alkyl halides is 3. The van der Waals surface area contributed by atoms with Gasteiger partial charge in [-0.05, 0) is 142 Å². The summed E-state index contributed by atoms with van der Waals surface area (Å²) in [5.74, 6) is 0. The first-order valence-electron chi connectivity index (χ1n) is 24.4. The molecule has 0 bridgehead atoms. The van der Waals surface area contributed by atoms with Gasteiger partial charge in [-0.1, -0.05) is 103 Å². The first kappa shape index (κ1) is 47.5. The Bertz CT molecular complexity index is 4520. The summed E-state index contributed by atoms with van der Waals surface area (Å²) in [4.78, 5) is 0. The Morgan fingerprint density at radius 2 is 0.628 bits per heavy atom. The van der Waals surface area contributed by atoms with Gasteiger partial charge < -0.3 is 9.13 Å². The first-order chi connectivity index (χ1) is 38.0. The van der Waals surface area contributed by atoms with Crippen LogP contribution in [-0.2, 0) is 6.18 Å². The van der Waals surface area contributed by atoms with E-state index in [1.165, 1.54) is 12.1 Å². The van der Waals surface area contributed by atoms with E-state index in [-0.39, 0.29) is 33.6 Å². The minimum Gasteiger partial charge on any atom is -0.309 e. The van der Waals surface area contributed by atoms with Crippen molar-refractivity contribution in [3.05, 3.63) is 239 Å². The molecule has 0 amide bonds. The predicted molar refractivity (Wildman–Crippen MR) is 296 cm³/mol. The SMILES string of the molecule is N#Cc1ccc(-c2ccc3c4ccc(-c5ccc(C#N)cc5)cc4n(-c4cc(-c5c(C#N)cccc5C(F)(F)F)c(-n5c6cc(-c7ccc(C#N)cc7)ccc6c6ccc(-c7ccc(C#N)cc7)cc65)cc4C#N)c3c2)cc1. The van der Waals surface area contributed by atoms with Gasteiger partial charge in [0.1, 0.15) is 6.07 Å². The van der Waals surface area contributed by atoms with Crippen LogP contribution in [0.25, 0.3) is 111 Å². The largest absolute Gasteiger partial charge is 0.417 e. The molecule has 0 aliphatic heterocycles. The van der Waals surface area contributed by atoms with Gasteiger partial charge in [-0.25, -0.2) is 0 Å². The maximum Gasteiger partial charge on any atom is 0.417 e. The van der Waals surface area contributed by atoms with Gasteiger partial charge in [-0.15, -0.1) is 0 Å². The summed E-state index contributed by atoms with van der Waals surface area (Å²) in [5.41, 5.74) is 9.37. The van der Waals surface area contributed by atoms with E-state index < -0.39 is 11.7 Å². The molecular weight excluding hydrogens is 974 g/mol. The molecule has 12 aromatic rings. The van der Waals surface area contributed by atoms with E-state index in [2.05, 4.69) is 36.4 Å². The third-order valence-corrected chi connectivity index (χ3v) is 14.4. The van der Waals surface area contributed by atoms with Gasteiger partial charge in [-0.2, -0.15) is 44.7 Å². The van der Waals surface area contributed by atoms with E-state index >= 15 is 13.2 Å². The van der Waals surface area contributed by atoms with Crippen LogP contribution < -0.4 is 0 Å². The van der Waals surface area contributed by atoms with Crippen molar-refractivity contribution in [1.82, 2.24) is 9.13 Å². The fraction of sp³-hybridized carbons (Fsp3) is 0.0149. The van der Waals surface area contributed by atoms with Crippen molar-refractivity contribution in [2.45, 2.75) is 6.18 Å². The van der Waals surface area contributed by atoms with E-state index in [4.69, 9.17) is 0 Å². The number of benzene rings is 10.